The van der Waals surface area contributed by atoms with Crippen LogP contribution in [0.25, 0.3) is 11.3 Å². The Morgan fingerprint density at radius 1 is 1.25 bits per heavy atom. The van der Waals surface area contributed by atoms with Gasteiger partial charge in [0.25, 0.3) is 0 Å². The molecular formula is C14H18N2O4. The van der Waals surface area contributed by atoms with Crippen LogP contribution < -0.4 is 9.47 Å². The topological polar surface area (TPSA) is 76.6 Å². The van der Waals surface area contributed by atoms with Gasteiger partial charge in [0.05, 0.1) is 19.4 Å². The van der Waals surface area contributed by atoms with E-state index in [0.29, 0.717) is 18.2 Å². The van der Waals surface area contributed by atoms with Gasteiger partial charge >= 0.3 is 0 Å². The Bertz CT molecular complexity index is 568. The van der Waals surface area contributed by atoms with E-state index in [0.717, 1.165) is 11.3 Å². The van der Waals surface area contributed by atoms with Gasteiger partial charge in [0.15, 0.2) is 0 Å². The van der Waals surface area contributed by atoms with Crippen LogP contribution in [0.15, 0.2) is 24.3 Å². The predicted octanol–water partition coefficient (Wildman–Crippen LogP) is 2.20. The van der Waals surface area contributed by atoms with Gasteiger partial charge in [0, 0.05) is 24.8 Å². The number of methoxy groups -OCH3 is 2. The Labute approximate surface area is 117 Å². The molecule has 0 spiro atoms. The number of hydrogen-bond acceptors (Lipinski definition) is 5. The summed E-state index contributed by atoms with van der Waals surface area (Å²) in [7, 11) is 3.16. The highest BCUT2D eigenvalue weighted by Crippen LogP contribution is 2.30. The zero-order chi connectivity index (χ0) is 14.5. The first-order valence-electron chi connectivity index (χ1n) is 6.21. The molecule has 0 aliphatic heterocycles. The zero-order valence-electron chi connectivity index (χ0n) is 11.7. The number of nitrogens with one attached hydrogen (secondary N) is 1. The quantitative estimate of drug-likeness (QED) is 0.847. The molecule has 1 aromatic heterocycles. The van der Waals surface area contributed by atoms with Crippen molar-refractivity contribution in [1.82, 2.24) is 10.2 Å². The van der Waals surface area contributed by atoms with Gasteiger partial charge in [0.1, 0.15) is 17.6 Å². The number of H-pyrrole nitrogens is 1. The molecule has 108 valence electrons. The summed E-state index contributed by atoms with van der Waals surface area (Å²) >= 11 is 0. The molecule has 2 rings (SSSR count). The third kappa shape index (κ3) is 3.42. The second-order valence-corrected chi connectivity index (χ2v) is 4.42. The summed E-state index contributed by atoms with van der Waals surface area (Å²) in [6, 6.07) is 6.75. The summed E-state index contributed by atoms with van der Waals surface area (Å²) in [6.45, 7) is 2.37. The largest absolute Gasteiger partial charge is 0.508 e. The van der Waals surface area contributed by atoms with E-state index < -0.39 is 0 Å². The van der Waals surface area contributed by atoms with Crippen molar-refractivity contribution in [3.05, 3.63) is 24.3 Å². The first kappa shape index (κ1) is 14.2. The molecule has 0 aliphatic rings. The van der Waals surface area contributed by atoms with Crippen LogP contribution in [-0.2, 0) is 4.74 Å². The Morgan fingerprint density at radius 3 is 2.70 bits per heavy atom. The molecule has 0 fully saturated rings. The van der Waals surface area contributed by atoms with Gasteiger partial charge in [0.2, 0.25) is 5.88 Å². The van der Waals surface area contributed by atoms with E-state index in [2.05, 4.69) is 10.2 Å². The van der Waals surface area contributed by atoms with Crippen molar-refractivity contribution in [3.8, 4) is 28.6 Å². The fourth-order valence-electron chi connectivity index (χ4n) is 1.86. The minimum Gasteiger partial charge on any atom is -0.508 e. The zero-order valence-corrected chi connectivity index (χ0v) is 11.7. The molecule has 0 bridgehead atoms. The lowest BCUT2D eigenvalue weighted by atomic mass is 10.1. The summed E-state index contributed by atoms with van der Waals surface area (Å²) in [5.74, 6) is 1.17. The van der Waals surface area contributed by atoms with Crippen molar-refractivity contribution in [2.24, 2.45) is 0 Å². The Morgan fingerprint density at radius 2 is 2.05 bits per heavy atom. The molecule has 2 N–H and O–H groups in total. The number of aromatic nitrogens is 2. The van der Waals surface area contributed by atoms with Crippen LogP contribution >= 0.6 is 0 Å². The summed E-state index contributed by atoms with van der Waals surface area (Å²) in [4.78, 5) is 0. The number of ether oxygens (including phenoxy) is 3. The minimum absolute atomic E-state index is 0.106. The van der Waals surface area contributed by atoms with E-state index in [1.54, 1.807) is 32.4 Å². The third-order valence-electron chi connectivity index (χ3n) is 2.70. The maximum atomic E-state index is 9.79. The van der Waals surface area contributed by atoms with Crippen LogP contribution in [0.2, 0.25) is 0 Å². The lowest BCUT2D eigenvalue weighted by Gasteiger charge is -2.14. The molecule has 0 aliphatic carbocycles. The van der Waals surface area contributed by atoms with Gasteiger partial charge in [-0.05, 0) is 19.1 Å². The van der Waals surface area contributed by atoms with Crippen LogP contribution in [0, 0.1) is 0 Å². The molecule has 6 heteroatoms. The lowest BCUT2D eigenvalue weighted by Crippen LogP contribution is -2.17. The highest BCUT2D eigenvalue weighted by molar-refractivity contribution is 5.64. The highest BCUT2D eigenvalue weighted by atomic mass is 16.5. The van der Waals surface area contributed by atoms with E-state index >= 15 is 0 Å². The smallest absolute Gasteiger partial charge is 0.232 e. The van der Waals surface area contributed by atoms with Crippen LogP contribution in [0.3, 0.4) is 0 Å². The first-order valence-corrected chi connectivity index (χ1v) is 6.21. The second kappa shape index (κ2) is 6.29. The number of phenols is 1. The molecule has 0 saturated heterocycles. The molecule has 0 amide bonds. The standard InChI is InChI=1S/C14H18N2O4/c1-9(8-18-2)20-12-5-10(4-11(17)6-12)13-7-14(19-3)16-15-13/h4-7,9,17H,8H2,1-3H3,(H,15,16). The third-order valence-corrected chi connectivity index (χ3v) is 2.70. The summed E-state index contributed by atoms with van der Waals surface area (Å²) in [6.07, 6.45) is -0.106. The Kier molecular flexibility index (Phi) is 4.47. The van der Waals surface area contributed by atoms with Crippen molar-refractivity contribution in [2.75, 3.05) is 20.8 Å². The monoisotopic (exact) mass is 278 g/mol. The maximum Gasteiger partial charge on any atom is 0.232 e. The van der Waals surface area contributed by atoms with Gasteiger partial charge in [-0.1, -0.05) is 0 Å². The van der Waals surface area contributed by atoms with E-state index in [-0.39, 0.29) is 11.9 Å². The lowest BCUT2D eigenvalue weighted by molar-refractivity contribution is 0.0919. The predicted molar refractivity (Wildman–Crippen MR) is 74.2 cm³/mol. The van der Waals surface area contributed by atoms with Crippen molar-refractivity contribution >= 4 is 0 Å². The van der Waals surface area contributed by atoms with E-state index in [1.807, 2.05) is 13.0 Å². The molecule has 1 unspecified atom stereocenters. The summed E-state index contributed by atoms with van der Waals surface area (Å²) < 4.78 is 15.7. The number of aromatic amines is 1. The molecule has 1 atom stereocenters. The van der Waals surface area contributed by atoms with Gasteiger partial charge in [-0.15, -0.1) is 5.10 Å². The van der Waals surface area contributed by atoms with Gasteiger partial charge in [-0.25, -0.2) is 0 Å². The molecule has 0 radical (unpaired) electrons. The number of rotatable bonds is 6. The van der Waals surface area contributed by atoms with Gasteiger partial charge < -0.3 is 19.3 Å². The fraction of sp³-hybridized carbons (Fsp3) is 0.357. The Balaban J connectivity index is 2.24. The van der Waals surface area contributed by atoms with E-state index in [9.17, 15) is 5.11 Å². The van der Waals surface area contributed by atoms with Crippen molar-refractivity contribution in [3.63, 3.8) is 0 Å². The van der Waals surface area contributed by atoms with Crippen molar-refractivity contribution in [1.29, 1.82) is 0 Å². The van der Waals surface area contributed by atoms with Crippen molar-refractivity contribution < 1.29 is 19.3 Å². The van der Waals surface area contributed by atoms with E-state index in [4.69, 9.17) is 14.2 Å². The summed E-state index contributed by atoms with van der Waals surface area (Å²) in [5, 5.41) is 16.6. The van der Waals surface area contributed by atoms with Crippen molar-refractivity contribution in [2.45, 2.75) is 13.0 Å². The van der Waals surface area contributed by atoms with Crippen LogP contribution in [0.5, 0.6) is 17.4 Å². The highest BCUT2D eigenvalue weighted by Gasteiger charge is 2.09. The van der Waals surface area contributed by atoms with Gasteiger partial charge in [-0.2, -0.15) is 0 Å². The normalized spacial score (nSPS) is 12.2. The van der Waals surface area contributed by atoms with Gasteiger partial charge in [-0.3, -0.25) is 5.10 Å². The molecule has 2 aromatic rings. The molecular weight excluding hydrogens is 260 g/mol. The van der Waals surface area contributed by atoms with Crippen LogP contribution in [-0.4, -0.2) is 42.2 Å². The average molecular weight is 278 g/mol. The number of aromatic hydroxyl groups is 1. The molecule has 1 aromatic carbocycles. The second-order valence-electron chi connectivity index (χ2n) is 4.42. The molecule has 20 heavy (non-hydrogen) atoms. The van der Waals surface area contributed by atoms with Crippen LogP contribution in [0.1, 0.15) is 6.92 Å². The fourth-order valence-corrected chi connectivity index (χ4v) is 1.86. The minimum atomic E-state index is -0.106. The van der Waals surface area contributed by atoms with E-state index in [1.165, 1.54) is 0 Å². The summed E-state index contributed by atoms with van der Waals surface area (Å²) in [5.41, 5.74) is 1.50. The number of hydrogen-bond donors (Lipinski definition) is 2. The number of benzene rings is 1. The Hall–Kier alpha value is -2.21. The molecule has 0 saturated carbocycles. The average Bonchev–Trinajstić information content (AvgIpc) is 2.87. The molecule has 6 nitrogen and oxygen atoms in total. The molecule has 1 heterocycles. The maximum absolute atomic E-state index is 9.79. The van der Waals surface area contributed by atoms with Crippen LogP contribution in [0.4, 0.5) is 0 Å². The number of nitrogens with zero attached hydrogens (tertiary/aromatic N) is 1. The number of phenolic OH excluding ortho intramolecular Hbond substituents is 1. The first-order chi connectivity index (χ1) is 9.62. The SMILES string of the molecule is COCC(C)Oc1cc(O)cc(-c2cc(OC)n[nH]2)c1.